The van der Waals surface area contributed by atoms with Crippen LogP contribution < -0.4 is 21.5 Å². The largest absolute Gasteiger partial charge is 0.376 e. The fraction of sp³-hybridized carbons (Fsp3) is 0.208. The summed E-state index contributed by atoms with van der Waals surface area (Å²) in [5, 5.41) is 17.6. The number of aromatic nitrogens is 1. The van der Waals surface area contributed by atoms with E-state index in [0.717, 1.165) is 28.6 Å². The fourth-order valence-electron chi connectivity index (χ4n) is 3.32. The average Bonchev–Trinajstić information content (AvgIpc) is 2.82. The molecular weight excluding hydrogens is 436 g/mol. The van der Waals surface area contributed by atoms with Crippen molar-refractivity contribution in [2.45, 2.75) is 26.8 Å². The van der Waals surface area contributed by atoms with E-state index in [1.165, 1.54) is 12.1 Å². The van der Waals surface area contributed by atoms with E-state index in [1.54, 1.807) is 12.3 Å². The molecule has 1 aromatic heterocycles. The summed E-state index contributed by atoms with van der Waals surface area (Å²) in [6.07, 6.45) is 1.64. The van der Waals surface area contributed by atoms with Gasteiger partial charge in [-0.3, -0.25) is 35.5 Å². The summed E-state index contributed by atoms with van der Waals surface area (Å²) < 4.78 is 0. The van der Waals surface area contributed by atoms with Gasteiger partial charge < -0.3 is 10.6 Å². The number of amides is 2. The second-order valence-corrected chi connectivity index (χ2v) is 7.78. The van der Waals surface area contributed by atoms with Crippen LogP contribution in [0.4, 0.5) is 17.1 Å². The number of anilines is 2. The Morgan fingerprint density at radius 3 is 2.47 bits per heavy atom. The summed E-state index contributed by atoms with van der Waals surface area (Å²) in [5.41, 5.74) is 8.24. The number of hydrogen-bond donors (Lipinski definition) is 4. The second-order valence-electron chi connectivity index (χ2n) is 7.78. The van der Waals surface area contributed by atoms with E-state index in [9.17, 15) is 19.7 Å². The lowest BCUT2D eigenvalue weighted by Crippen LogP contribution is -2.44. The molecule has 1 heterocycles. The second kappa shape index (κ2) is 10.9. The summed E-state index contributed by atoms with van der Waals surface area (Å²) in [5.74, 6) is -1.14. The number of carbonyl (C=O) groups is 2. The van der Waals surface area contributed by atoms with Crippen molar-refractivity contribution in [3.8, 4) is 0 Å². The van der Waals surface area contributed by atoms with E-state index in [1.807, 2.05) is 51.1 Å². The van der Waals surface area contributed by atoms with E-state index in [0.29, 0.717) is 0 Å². The van der Waals surface area contributed by atoms with Gasteiger partial charge in [-0.2, -0.15) is 0 Å². The van der Waals surface area contributed by atoms with Crippen LogP contribution in [0.15, 0.2) is 60.8 Å². The van der Waals surface area contributed by atoms with Crippen molar-refractivity contribution in [1.29, 1.82) is 0 Å². The minimum Gasteiger partial charge on any atom is -0.376 e. The Labute approximate surface area is 196 Å². The van der Waals surface area contributed by atoms with Crippen LogP contribution in [0, 0.1) is 24.0 Å². The predicted molar refractivity (Wildman–Crippen MR) is 129 cm³/mol. The number of carbonyl (C=O) groups excluding carboxylic acids is 2. The molecule has 4 N–H and O–H groups in total. The molecule has 10 nitrogen and oxygen atoms in total. The molecular formula is C24H26N6O4. The number of rotatable bonds is 8. The van der Waals surface area contributed by atoms with Crippen molar-refractivity contribution in [2.75, 3.05) is 17.2 Å². The van der Waals surface area contributed by atoms with Gasteiger partial charge in [0.2, 0.25) is 0 Å². The number of benzene rings is 2. The minimum atomic E-state index is -0.674. The molecule has 0 fully saturated rings. The van der Waals surface area contributed by atoms with Crippen LogP contribution in [-0.4, -0.2) is 28.3 Å². The number of nitro benzene ring substituents is 1. The standard InChI is InChI=1S/C24H26N6O4/c1-15-7-9-19(16(2)12-15)26-14-23(31)28-29-24(32)18-8-10-21(22(13-18)30(33)34)27-17(3)20-6-4-5-11-25-20/h4-13,17,26-27H,14H2,1-3H3,(H,28,31)(H,29,32). The Bertz CT molecular complexity index is 1200. The smallest absolute Gasteiger partial charge is 0.293 e. The monoisotopic (exact) mass is 462 g/mol. The molecule has 0 aliphatic rings. The van der Waals surface area contributed by atoms with E-state index < -0.39 is 16.7 Å². The van der Waals surface area contributed by atoms with Gasteiger partial charge in [0, 0.05) is 23.5 Å². The highest BCUT2D eigenvalue weighted by Crippen LogP contribution is 2.28. The molecule has 1 unspecified atom stereocenters. The van der Waals surface area contributed by atoms with Gasteiger partial charge in [0.25, 0.3) is 17.5 Å². The Hall–Kier alpha value is -4.47. The first-order chi connectivity index (χ1) is 16.2. The van der Waals surface area contributed by atoms with Crippen molar-refractivity contribution in [2.24, 2.45) is 0 Å². The maximum atomic E-state index is 12.4. The van der Waals surface area contributed by atoms with Gasteiger partial charge >= 0.3 is 0 Å². The molecule has 0 aliphatic carbocycles. The zero-order valence-electron chi connectivity index (χ0n) is 19.1. The fourth-order valence-corrected chi connectivity index (χ4v) is 3.32. The number of pyridine rings is 1. The molecule has 0 spiro atoms. The Kier molecular flexibility index (Phi) is 7.75. The number of nitro groups is 1. The van der Waals surface area contributed by atoms with Gasteiger partial charge in [-0.15, -0.1) is 0 Å². The van der Waals surface area contributed by atoms with Gasteiger partial charge in [-0.05, 0) is 56.7 Å². The van der Waals surface area contributed by atoms with Crippen LogP contribution in [0.25, 0.3) is 0 Å². The van der Waals surface area contributed by atoms with Crippen molar-refractivity contribution >= 4 is 28.9 Å². The maximum absolute atomic E-state index is 12.4. The zero-order valence-corrected chi connectivity index (χ0v) is 19.1. The molecule has 0 saturated heterocycles. The Morgan fingerprint density at radius 1 is 1.03 bits per heavy atom. The summed E-state index contributed by atoms with van der Waals surface area (Å²) in [7, 11) is 0. The van der Waals surface area contributed by atoms with Crippen LogP contribution >= 0.6 is 0 Å². The normalized spacial score (nSPS) is 11.3. The van der Waals surface area contributed by atoms with Gasteiger partial charge in [0.15, 0.2) is 0 Å². The van der Waals surface area contributed by atoms with Crippen LogP contribution in [0.1, 0.15) is 40.1 Å². The van der Waals surface area contributed by atoms with Gasteiger partial charge in [-0.25, -0.2) is 0 Å². The number of aryl methyl sites for hydroxylation is 2. The minimum absolute atomic E-state index is 0.0328. The highest BCUT2D eigenvalue weighted by Gasteiger charge is 2.20. The molecule has 176 valence electrons. The van der Waals surface area contributed by atoms with Crippen LogP contribution in [-0.2, 0) is 4.79 Å². The van der Waals surface area contributed by atoms with Crippen molar-refractivity contribution in [1.82, 2.24) is 15.8 Å². The number of nitrogens with zero attached hydrogens (tertiary/aromatic N) is 2. The quantitative estimate of drug-likeness (QED) is 0.296. The maximum Gasteiger partial charge on any atom is 0.293 e. The molecule has 0 saturated carbocycles. The molecule has 34 heavy (non-hydrogen) atoms. The molecule has 0 aliphatic heterocycles. The molecule has 3 rings (SSSR count). The lowest BCUT2D eigenvalue weighted by molar-refractivity contribution is -0.384. The number of hydrogen-bond acceptors (Lipinski definition) is 7. The first kappa shape index (κ1) is 24.2. The van der Waals surface area contributed by atoms with E-state index in [-0.39, 0.29) is 29.5 Å². The zero-order chi connectivity index (χ0) is 24.7. The summed E-state index contributed by atoms with van der Waals surface area (Å²) >= 11 is 0. The molecule has 2 amide bonds. The SMILES string of the molecule is Cc1ccc(NCC(=O)NNC(=O)c2ccc(NC(C)c3ccccn3)c([N+](=O)[O-])c2)c(C)c1. The Balaban J connectivity index is 1.60. The molecule has 3 aromatic rings. The topological polar surface area (TPSA) is 138 Å². The average molecular weight is 463 g/mol. The third kappa shape index (κ3) is 6.28. The predicted octanol–water partition coefficient (Wildman–Crippen LogP) is 3.65. The van der Waals surface area contributed by atoms with Gasteiger partial charge in [0.1, 0.15) is 5.69 Å². The summed E-state index contributed by atoms with van der Waals surface area (Å²) in [6.45, 7) is 5.68. The molecule has 0 bridgehead atoms. The lowest BCUT2D eigenvalue weighted by Gasteiger charge is -2.15. The van der Waals surface area contributed by atoms with Crippen LogP contribution in [0.2, 0.25) is 0 Å². The van der Waals surface area contributed by atoms with E-state index in [2.05, 4.69) is 26.5 Å². The first-order valence-corrected chi connectivity index (χ1v) is 10.6. The van der Waals surface area contributed by atoms with Crippen LogP contribution in [0.5, 0.6) is 0 Å². The molecule has 10 heteroatoms. The highest BCUT2D eigenvalue weighted by molar-refractivity contribution is 5.97. The third-order valence-electron chi connectivity index (χ3n) is 5.10. The summed E-state index contributed by atoms with van der Waals surface area (Å²) in [4.78, 5) is 39.8. The van der Waals surface area contributed by atoms with Gasteiger partial charge in [-0.1, -0.05) is 23.8 Å². The van der Waals surface area contributed by atoms with Gasteiger partial charge in [0.05, 0.1) is 23.2 Å². The van der Waals surface area contributed by atoms with E-state index >= 15 is 0 Å². The first-order valence-electron chi connectivity index (χ1n) is 10.6. The lowest BCUT2D eigenvalue weighted by atomic mass is 10.1. The highest BCUT2D eigenvalue weighted by atomic mass is 16.6. The number of nitrogens with one attached hydrogen (secondary N) is 4. The molecule has 1 atom stereocenters. The van der Waals surface area contributed by atoms with Crippen molar-refractivity contribution in [3.63, 3.8) is 0 Å². The third-order valence-corrected chi connectivity index (χ3v) is 5.10. The Morgan fingerprint density at radius 2 is 1.79 bits per heavy atom. The van der Waals surface area contributed by atoms with Crippen molar-refractivity contribution in [3.05, 3.63) is 93.3 Å². The van der Waals surface area contributed by atoms with E-state index in [4.69, 9.17) is 0 Å². The van der Waals surface area contributed by atoms with Crippen molar-refractivity contribution < 1.29 is 14.5 Å². The van der Waals surface area contributed by atoms with Crippen LogP contribution in [0.3, 0.4) is 0 Å². The summed E-state index contributed by atoms with van der Waals surface area (Å²) in [6, 6.07) is 15.0. The molecule has 0 radical (unpaired) electrons. The number of hydrazine groups is 1. The molecule has 2 aromatic carbocycles.